The molecule has 6 heteroatoms. The van der Waals surface area contributed by atoms with Crippen LogP contribution in [0.5, 0.6) is 0 Å². The molecule has 2 rings (SSSR count). The molecule has 0 saturated heterocycles. The molecule has 1 aliphatic rings. The fraction of sp³-hybridized carbons (Fsp3) is 0.533. The van der Waals surface area contributed by atoms with Crippen LogP contribution in [0.1, 0.15) is 48.7 Å². The van der Waals surface area contributed by atoms with Crippen LogP contribution in [0.15, 0.2) is 12.1 Å². The van der Waals surface area contributed by atoms with E-state index in [9.17, 15) is 14.7 Å². The molecule has 21 heavy (non-hydrogen) atoms. The largest absolute Gasteiger partial charge is 0.481 e. The third kappa shape index (κ3) is 2.99. The van der Waals surface area contributed by atoms with E-state index in [1.807, 2.05) is 6.92 Å². The first-order valence-corrected chi connectivity index (χ1v) is 7.12. The number of nitrogens with one attached hydrogen (secondary N) is 1. The van der Waals surface area contributed by atoms with Crippen LogP contribution in [0.2, 0.25) is 0 Å². The molecular weight excluding hydrogens is 270 g/mol. The minimum atomic E-state index is -0.863. The van der Waals surface area contributed by atoms with Crippen molar-refractivity contribution in [1.82, 2.24) is 4.98 Å². The third-order valence-electron chi connectivity index (χ3n) is 4.31. The highest BCUT2D eigenvalue weighted by atomic mass is 16.4. The molecule has 0 bridgehead atoms. The van der Waals surface area contributed by atoms with Crippen LogP contribution in [0.3, 0.4) is 0 Å². The highest BCUT2D eigenvalue weighted by Gasteiger charge is 2.43. The molecule has 0 aliphatic heterocycles. The second kappa shape index (κ2) is 5.71. The van der Waals surface area contributed by atoms with E-state index >= 15 is 0 Å². The molecule has 6 nitrogen and oxygen atoms in total. The van der Waals surface area contributed by atoms with Gasteiger partial charge in [0.15, 0.2) is 0 Å². The zero-order valence-electron chi connectivity index (χ0n) is 12.3. The standard InChI is InChI=1S/C15H21N3O3/c1-9-6-7-10(12(16)19)13(17-9)18-11-5-3-4-8-15(11,2)14(20)21/h6-7,11H,3-5,8H2,1-2H3,(H2,16,19)(H,17,18)(H,20,21). The zero-order chi connectivity index (χ0) is 15.6. The van der Waals surface area contributed by atoms with Crippen LogP contribution in [-0.2, 0) is 4.79 Å². The van der Waals surface area contributed by atoms with Crippen molar-refractivity contribution in [3.05, 3.63) is 23.4 Å². The van der Waals surface area contributed by atoms with E-state index in [0.717, 1.165) is 25.0 Å². The number of carbonyl (C=O) groups excluding carboxylic acids is 1. The van der Waals surface area contributed by atoms with Gasteiger partial charge >= 0.3 is 5.97 Å². The van der Waals surface area contributed by atoms with E-state index < -0.39 is 17.3 Å². The van der Waals surface area contributed by atoms with Gasteiger partial charge in [-0.3, -0.25) is 9.59 Å². The highest BCUT2D eigenvalue weighted by molar-refractivity contribution is 5.97. The summed E-state index contributed by atoms with van der Waals surface area (Å²) in [5.74, 6) is -1.02. The number of rotatable bonds is 4. The Morgan fingerprint density at radius 2 is 2.14 bits per heavy atom. The Kier molecular flexibility index (Phi) is 4.16. The molecule has 0 spiro atoms. The molecular formula is C15H21N3O3. The number of amides is 1. The van der Waals surface area contributed by atoms with Gasteiger partial charge in [-0.25, -0.2) is 4.98 Å². The fourth-order valence-electron chi connectivity index (χ4n) is 2.85. The van der Waals surface area contributed by atoms with Crippen LogP contribution in [0.4, 0.5) is 5.82 Å². The van der Waals surface area contributed by atoms with Gasteiger partial charge < -0.3 is 16.2 Å². The summed E-state index contributed by atoms with van der Waals surface area (Å²) in [7, 11) is 0. The smallest absolute Gasteiger partial charge is 0.311 e. The maximum absolute atomic E-state index is 11.6. The van der Waals surface area contributed by atoms with Crippen LogP contribution in [0, 0.1) is 12.3 Å². The molecule has 1 saturated carbocycles. The average molecular weight is 291 g/mol. The van der Waals surface area contributed by atoms with Gasteiger partial charge in [0.2, 0.25) is 0 Å². The molecule has 0 aromatic carbocycles. The van der Waals surface area contributed by atoms with Crippen molar-refractivity contribution >= 4 is 17.7 Å². The Morgan fingerprint density at radius 3 is 2.76 bits per heavy atom. The van der Waals surface area contributed by atoms with Gasteiger partial charge in [-0.2, -0.15) is 0 Å². The van der Waals surface area contributed by atoms with Crippen molar-refractivity contribution in [2.45, 2.75) is 45.6 Å². The first-order chi connectivity index (χ1) is 9.84. The zero-order valence-corrected chi connectivity index (χ0v) is 12.3. The van der Waals surface area contributed by atoms with Crippen molar-refractivity contribution in [2.24, 2.45) is 11.1 Å². The lowest BCUT2D eigenvalue weighted by Crippen LogP contribution is -2.47. The number of aromatic nitrogens is 1. The number of anilines is 1. The topological polar surface area (TPSA) is 105 Å². The van der Waals surface area contributed by atoms with E-state index in [4.69, 9.17) is 5.73 Å². The van der Waals surface area contributed by atoms with Crippen molar-refractivity contribution in [2.75, 3.05) is 5.32 Å². The maximum Gasteiger partial charge on any atom is 0.311 e. The summed E-state index contributed by atoms with van der Waals surface area (Å²) in [4.78, 5) is 27.4. The Bertz CT molecular complexity index is 573. The Labute approximate surface area is 123 Å². The number of carbonyl (C=O) groups is 2. The normalized spacial score (nSPS) is 25.3. The van der Waals surface area contributed by atoms with Gasteiger partial charge in [-0.1, -0.05) is 12.8 Å². The van der Waals surface area contributed by atoms with Crippen molar-refractivity contribution in [3.8, 4) is 0 Å². The van der Waals surface area contributed by atoms with E-state index in [-0.39, 0.29) is 6.04 Å². The lowest BCUT2D eigenvalue weighted by molar-refractivity contribution is -0.150. The molecule has 4 N–H and O–H groups in total. The van der Waals surface area contributed by atoms with E-state index in [0.29, 0.717) is 17.8 Å². The number of nitrogens with zero attached hydrogens (tertiary/aromatic N) is 1. The number of carboxylic acids is 1. The number of aryl methyl sites for hydroxylation is 1. The minimum Gasteiger partial charge on any atom is -0.481 e. The van der Waals surface area contributed by atoms with Crippen LogP contribution >= 0.6 is 0 Å². The number of hydrogen-bond donors (Lipinski definition) is 3. The predicted molar refractivity (Wildman–Crippen MR) is 79.1 cm³/mol. The van der Waals surface area contributed by atoms with Gasteiger partial charge in [-0.15, -0.1) is 0 Å². The molecule has 114 valence electrons. The van der Waals surface area contributed by atoms with Gasteiger partial charge in [0.05, 0.1) is 11.0 Å². The number of nitrogens with two attached hydrogens (primary N) is 1. The van der Waals surface area contributed by atoms with Gasteiger partial charge in [0.1, 0.15) is 5.82 Å². The fourth-order valence-corrected chi connectivity index (χ4v) is 2.85. The lowest BCUT2D eigenvalue weighted by atomic mass is 9.71. The van der Waals surface area contributed by atoms with E-state index in [1.54, 1.807) is 19.1 Å². The molecule has 2 atom stereocenters. The molecule has 0 radical (unpaired) electrons. The monoisotopic (exact) mass is 291 g/mol. The molecule has 1 amide bonds. The molecule has 1 heterocycles. The van der Waals surface area contributed by atoms with Gasteiger partial charge in [-0.05, 0) is 38.8 Å². The highest BCUT2D eigenvalue weighted by Crippen LogP contribution is 2.38. The Morgan fingerprint density at radius 1 is 1.43 bits per heavy atom. The van der Waals surface area contributed by atoms with Crippen LogP contribution < -0.4 is 11.1 Å². The van der Waals surface area contributed by atoms with E-state index in [1.165, 1.54) is 0 Å². The summed E-state index contributed by atoms with van der Waals surface area (Å²) in [6.45, 7) is 3.55. The number of primary amides is 1. The van der Waals surface area contributed by atoms with E-state index in [2.05, 4.69) is 10.3 Å². The minimum absolute atomic E-state index is 0.267. The number of carboxylic acid groups (broad SMARTS) is 1. The molecule has 1 aromatic rings. The lowest BCUT2D eigenvalue weighted by Gasteiger charge is -2.38. The third-order valence-corrected chi connectivity index (χ3v) is 4.31. The molecule has 1 aromatic heterocycles. The number of hydrogen-bond acceptors (Lipinski definition) is 4. The Hall–Kier alpha value is -2.11. The van der Waals surface area contributed by atoms with Gasteiger partial charge in [0.25, 0.3) is 5.91 Å². The molecule has 1 aliphatic carbocycles. The van der Waals surface area contributed by atoms with Crippen LogP contribution in [-0.4, -0.2) is 28.0 Å². The summed E-state index contributed by atoms with van der Waals surface area (Å²) >= 11 is 0. The summed E-state index contributed by atoms with van der Waals surface area (Å²) in [6.07, 6.45) is 3.19. The first kappa shape index (κ1) is 15.3. The summed E-state index contributed by atoms with van der Waals surface area (Å²) in [6, 6.07) is 3.06. The first-order valence-electron chi connectivity index (χ1n) is 7.12. The van der Waals surface area contributed by atoms with Crippen molar-refractivity contribution in [1.29, 1.82) is 0 Å². The average Bonchev–Trinajstić information content (AvgIpc) is 2.41. The molecule has 1 fully saturated rings. The summed E-state index contributed by atoms with van der Waals surface area (Å²) in [5.41, 5.74) is 5.54. The van der Waals surface area contributed by atoms with Crippen molar-refractivity contribution in [3.63, 3.8) is 0 Å². The van der Waals surface area contributed by atoms with Gasteiger partial charge in [0, 0.05) is 11.7 Å². The maximum atomic E-state index is 11.6. The SMILES string of the molecule is Cc1ccc(C(N)=O)c(NC2CCCCC2(C)C(=O)O)n1. The summed E-state index contributed by atoms with van der Waals surface area (Å²) < 4.78 is 0. The van der Waals surface area contributed by atoms with Crippen molar-refractivity contribution < 1.29 is 14.7 Å². The predicted octanol–water partition coefficient (Wildman–Crippen LogP) is 1.93. The quantitative estimate of drug-likeness (QED) is 0.786. The number of aliphatic carboxylic acids is 1. The number of pyridine rings is 1. The second-order valence-corrected chi connectivity index (χ2v) is 5.88. The molecule has 2 unspecified atom stereocenters. The second-order valence-electron chi connectivity index (χ2n) is 5.88. The Balaban J connectivity index is 2.33. The summed E-state index contributed by atoms with van der Waals surface area (Å²) in [5, 5.41) is 12.7. The van der Waals surface area contributed by atoms with Crippen LogP contribution in [0.25, 0.3) is 0 Å².